The number of nitrogens with two attached hydrogens (primary N) is 1. The van der Waals surface area contributed by atoms with Crippen molar-refractivity contribution in [3.63, 3.8) is 0 Å². The Morgan fingerprint density at radius 3 is 2.56 bits per heavy atom. The van der Waals surface area contributed by atoms with Gasteiger partial charge in [0.05, 0.1) is 6.61 Å². The molecule has 132 valence electrons. The zero-order valence-corrected chi connectivity index (χ0v) is 14.6. The Labute approximate surface area is 148 Å². The third-order valence-electron chi connectivity index (χ3n) is 3.25. The van der Waals surface area contributed by atoms with Gasteiger partial charge in [-0.25, -0.2) is 13.6 Å². The van der Waals surface area contributed by atoms with E-state index in [2.05, 4.69) is 11.1 Å². The number of benzene rings is 2. The van der Waals surface area contributed by atoms with Crippen molar-refractivity contribution < 1.29 is 18.3 Å². The topological polar surface area (TPSA) is 64.3 Å². The lowest BCUT2D eigenvalue weighted by Crippen LogP contribution is -2.06. The van der Waals surface area contributed by atoms with Gasteiger partial charge in [0.25, 0.3) is 0 Å². The first-order valence-electron chi connectivity index (χ1n) is 7.58. The molecule has 25 heavy (non-hydrogen) atoms. The Bertz CT molecular complexity index is 881. The zero-order valence-electron chi connectivity index (χ0n) is 13.8. The van der Waals surface area contributed by atoms with Crippen molar-refractivity contribution in [2.24, 2.45) is 5.73 Å². The molecule has 0 radical (unpaired) electrons. The van der Waals surface area contributed by atoms with E-state index in [1.807, 2.05) is 24.3 Å². The summed E-state index contributed by atoms with van der Waals surface area (Å²) in [6.45, 7) is 1.99. The summed E-state index contributed by atoms with van der Waals surface area (Å²) in [6.07, 6.45) is 0. The van der Waals surface area contributed by atoms with Crippen molar-refractivity contribution in [3.8, 4) is 0 Å². The van der Waals surface area contributed by atoms with E-state index in [0.717, 1.165) is 22.2 Å². The first kappa shape index (κ1) is 18.8. The van der Waals surface area contributed by atoms with Crippen LogP contribution in [0.15, 0.2) is 42.5 Å². The third kappa shape index (κ3) is 4.12. The number of fused-ring (bicyclic) bond motifs is 1. The molecule has 0 aliphatic heterocycles. The molecule has 3 rings (SSSR count). The summed E-state index contributed by atoms with van der Waals surface area (Å²) >= 11 is 1.35. The predicted octanol–water partition coefficient (Wildman–Crippen LogP) is 4.67. The van der Waals surface area contributed by atoms with E-state index >= 15 is 0 Å². The standard InChI is InChI=1S/C17H13F2NO2S.CH5N/c1-2-22-17(21)15-11-5-3-4-6-14(11)23-16(15)20-10-7-8-12(18)13(19)9-10;1-2/h3-9,20H,2H2,1H3;2H2,1H3. The first-order valence-corrected chi connectivity index (χ1v) is 8.40. The lowest BCUT2D eigenvalue weighted by Gasteiger charge is -2.08. The van der Waals surface area contributed by atoms with Gasteiger partial charge in [-0.05, 0) is 32.2 Å². The molecule has 1 heterocycles. The summed E-state index contributed by atoms with van der Waals surface area (Å²) in [5, 5.41) is 4.28. The van der Waals surface area contributed by atoms with Gasteiger partial charge < -0.3 is 15.8 Å². The fraction of sp³-hybridized carbons (Fsp3) is 0.167. The van der Waals surface area contributed by atoms with Crippen molar-refractivity contribution >= 4 is 38.1 Å². The van der Waals surface area contributed by atoms with Crippen LogP contribution < -0.4 is 11.1 Å². The molecule has 0 spiro atoms. The largest absolute Gasteiger partial charge is 0.462 e. The number of rotatable bonds is 4. The average Bonchev–Trinajstić information content (AvgIpc) is 2.98. The van der Waals surface area contributed by atoms with E-state index in [-0.39, 0.29) is 6.61 Å². The molecule has 0 bridgehead atoms. The molecule has 0 saturated carbocycles. The minimum Gasteiger partial charge on any atom is -0.462 e. The van der Waals surface area contributed by atoms with Crippen LogP contribution in [-0.4, -0.2) is 19.6 Å². The molecule has 7 heteroatoms. The Hall–Kier alpha value is -2.51. The van der Waals surface area contributed by atoms with Gasteiger partial charge in [-0.15, -0.1) is 11.3 Å². The van der Waals surface area contributed by atoms with Crippen molar-refractivity contribution in [2.75, 3.05) is 19.0 Å². The maximum Gasteiger partial charge on any atom is 0.341 e. The Balaban J connectivity index is 0.00000109. The van der Waals surface area contributed by atoms with Crippen molar-refractivity contribution in [2.45, 2.75) is 6.92 Å². The fourth-order valence-electron chi connectivity index (χ4n) is 2.24. The van der Waals surface area contributed by atoms with Gasteiger partial charge >= 0.3 is 5.97 Å². The molecule has 0 aliphatic rings. The lowest BCUT2D eigenvalue weighted by molar-refractivity contribution is 0.0530. The number of hydrogen-bond donors (Lipinski definition) is 2. The van der Waals surface area contributed by atoms with E-state index in [1.165, 1.54) is 24.5 Å². The van der Waals surface area contributed by atoms with Crippen LogP contribution in [0.5, 0.6) is 0 Å². The molecule has 2 aromatic carbocycles. The fourth-order valence-corrected chi connectivity index (χ4v) is 3.36. The minimum absolute atomic E-state index is 0.258. The summed E-state index contributed by atoms with van der Waals surface area (Å²) in [7, 11) is 1.50. The van der Waals surface area contributed by atoms with Gasteiger partial charge in [0.1, 0.15) is 10.6 Å². The molecule has 3 aromatic rings. The maximum absolute atomic E-state index is 13.4. The molecule has 4 nitrogen and oxygen atoms in total. The van der Waals surface area contributed by atoms with Crippen molar-refractivity contribution in [1.29, 1.82) is 0 Å². The molecule has 0 unspecified atom stereocenters. The maximum atomic E-state index is 13.4. The zero-order chi connectivity index (χ0) is 18.4. The predicted molar refractivity (Wildman–Crippen MR) is 97.5 cm³/mol. The van der Waals surface area contributed by atoms with Crippen LogP contribution in [0, 0.1) is 11.6 Å². The number of carbonyl (C=O) groups excluding carboxylic acids is 1. The van der Waals surface area contributed by atoms with E-state index in [9.17, 15) is 13.6 Å². The highest BCUT2D eigenvalue weighted by Gasteiger charge is 2.20. The van der Waals surface area contributed by atoms with Crippen LogP contribution in [0.2, 0.25) is 0 Å². The second-order valence-corrected chi connectivity index (χ2v) is 5.83. The monoisotopic (exact) mass is 364 g/mol. The number of anilines is 2. The molecule has 0 fully saturated rings. The van der Waals surface area contributed by atoms with Crippen LogP contribution >= 0.6 is 11.3 Å². The van der Waals surface area contributed by atoms with Gasteiger partial charge in [-0.2, -0.15) is 0 Å². The summed E-state index contributed by atoms with van der Waals surface area (Å²) in [4.78, 5) is 12.3. The van der Waals surface area contributed by atoms with Gasteiger partial charge in [0.15, 0.2) is 11.6 Å². The molecule has 0 amide bonds. The summed E-state index contributed by atoms with van der Waals surface area (Å²) in [6, 6.07) is 10.9. The average molecular weight is 364 g/mol. The number of nitrogens with one attached hydrogen (secondary N) is 1. The molecule has 0 saturated heterocycles. The number of hydrogen-bond acceptors (Lipinski definition) is 5. The van der Waals surface area contributed by atoms with Gasteiger partial charge in [0, 0.05) is 21.8 Å². The van der Waals surface area contributed by atoms with Gasteiger partial charge in [0.2, 0.25) is 0 Å². The second kappa shape index (κ2) is 8.55. The van der Waals surface area contributed by atoms with Crippen LogP contribution in [0.4, 0.5) is 19.5 Å². The molecule has 3 N–H and O–H groups in total. The van der Waals surface area contributed by atoms with Crippen molar-refractivity contribution in [3.05, 3.63) is 59.7 Å². The summed E-state index contributed by atoms with van der Waals surface area (Å²) < 4.78 is 32.4. The van der Waals surface area contributed by atoms with Crippen LogP contribution in [-0.2, 0) is 4.74 Å². The van der Waals surface area contributed by atoms with E-state index in [4.69, 9.17) is 4.74 Å². The SMILES string of the molecule is CCOC(=O)c1c(Nc2ccc(F)c(F)c2)sc2ccccc12.CN. The number of esters is 1. The van der Waals surface area contributed by atoms with E-state index in [0.29, 0.717) is 16.3 Å². The Morgan fingerprint density at radius 1 is 1.16 bits per heavy atom. The number of carbonyl (C=O) groups is 1. The highest BCUT2D eigenvalue weighted by atomic mass is 32.1. The third-order valence-corrected chi connectivity index (χ3v) is 4.34. The summed E-state index contributed by atoms with van der Waals surface area (Å²) in [5.41, 5.74) is 5.26. The Morgan fingerprint density at radius 2 is 1.88 bits per heavy atom. The lowest BCUT2D eigenvalue weighted by atomic mass is 10.1. The Kier molecular flexibility index (Phi) is 6.44. The van der Waals surface area contributed by atoms with Crippen molar-refractivity contribution in [1.82, 2.24) is 0 Å². The molecule has 0 aliphatic carbocycles. The smallest absolute Gasteiger partial charge is 0.341 e. The van der Waals surface area contributed by atoms with Gasteiger partial charge in [-0.3, -0.25) is 0 Å². The van der Waals surface area contributed by atoms with Crippen LogP contribution in [0.25, 0.3) is 10.1 Å². The first-order chi connectivity index (χ1) is 12.1. The molecule has 0 atom stereocenters. The van der Waals surface area contributed by atoms with E-state index in [1.54, 1.807) is 6.92 Å². The quantitative estimate of drug-likeness (QED) is 0.660. The van der Waals surface area contributed by atoms with Crippen LogP contribution in [0.1, 0.15) is 17.3 Å². The van der Waals surface area contributed by atoms with E-state index < -0.39 is 17.6 Å². The number of thiophene rings is 1. The number of ether oxygens (including phenoxy) is 1. The second-order valence-electron chi connectivity index (χ2n) is 4.78. The van der Waals surface area contributed by atoms with Crippen LogP contribution in [0.3, 0.4) is 0 Å². The minimum atomic E-state index is -0.950. The molecular formula is C18H18F2N2O2S. The summed E-state index contributed by atoms with van der Waals surface area (Å²) in [5.74, 6) is -2.32. The highest BCUT2D eigenvalue weighted by Crippen LogP contribution is 2.38. The van der Waals surface area contributed by atoms with Gasteiger partial charge in [-0.1, -0.05) is 18.2 Å². The number of halogens is 2. The normalized spacial score (nSPS) is 10.1. The molecular weight excluding hydrogens is 346 g/mol. The molecule has 1 aromatic heterocycles. The highest BCUT2D eigenvalue weighted by molar-refractivity contribution is 7.23.